The molecule has 1 heterocycles. The predicted octanol–water partition coefficient (Wildman–Crippen LogP) is 1.92. The molecule has 0 aromatic rings. The van der Waals surface area contributed by atoms with Crippen molar-refractivity contribution in [2.45, 2.75) is 32.7 Å². The van der Waals surface area contributed by atoms with Gasteiger partial charge in [-0.05, 0) is 32.5 Å². The number of hydrogen-bond donors (Lipinski definition) is 1. The van der Waals surface area contributed by atoms with Crippen LogP contribution in [0.5, 0.6) is 0 Å². The maximum absolute atomic E-state index is 3.51. The van der Waals surface area contributed by atoms with Crippen molar-refractivity contribution in [1.29, 1.82) is 0 Å². The Morgan fingerprint density at radius 1 is 1.23 bits per heavy atom. The fourth-order valence-corrected chi connectivity index (χ4v) is 1.71. The minimum atomic E-state index is 0. The van der Waals surface area contributed by atoms with Crippen molar-refractivity contribution in [2.24, 2.45) is 0 Å². The molecule has 1 unspecified atom stereocenters. The van der Waals surface area contributed by atoms with Crippen LogP contribution in [0.2, 0.25) is 0 Å². The van der Waals surface area contributed by atoms with Crippen LogP contribution in [-0.2, 0) is 0 Å². The average Bonchev–Trinajstić information content (AvgIpc) is 2.52. The number of nitrogens with one attached hydrogen (secondary N) is 1. The Kier molecular flexibility index (Phi) is 11.1. The van der Waals surface area contributed by atoms with E-state index in [1.165, 1.54) is 39.0 Å². The molecule has 0 spiro atoms. The number of nitrogens with zero attached hydrogens (tertiary/aromatic N) is 1. The van der Waals surface area contributed by atoms with Crippen molar-refractivity contribution in [3.8, 4) is 0 Å². The van der Waals surface area contributed by atoms with Gasteiger partial charge in [0.25, 0.3) is 0 Å². The summed E-state index contributed by atoms with van der Waals surface area (Å²) in [5.41, 5.74) is 0. The highest BCUT2D eigenvalue weighted by Gasteiger charge is 2.15. The van der Waals surface area contributed by atoms with Crippen molar-refractivity contribution in [3.63, 3.8) is 0 Å². The zero-order valence-corrected chi connectivity index (χ0v) is 10.2. The number of likely N-dealkylation sites (N-methyl/N-ethyl adjacent to an activating group) is 1. The summed E-state index contributed by atoms with van der Waals surface area (Å²) in [6.45, 7) is 9.32. The number of rotatable bonds is 4. The van der Waals surface area contributed by atoms with E-state index in [9.17, 15) is 0 Å². The lowest BCUT2D eigenvalue weighted by atomic mass is 10.2. The fraction of sp³-hybridized carbons (Fsp3) is 1.00. The van der Waals surface area contributed by atoms with Crippen molar-refractivity contribution in [3.05, 3.63) is 0 Å². The van der Waals surface area contributed by atoms with Crippen LogP contribution in [0.3, 0.4) is 0 Å². The zero-order chi connectivity index (χ0) is 8.10. The van der Waals surface area contributed by atoms with E-state index in [4.69, 9.17) is 0 Å². The molecule has 0 aliphatic carbocycles. The molecule has 1 atom stereocenters. The fourth-order valence-electron chi connectivity index (χ4n) is 1.71. The second kappa shape index (κ2) is 9.07. The highest BCUT2D eigenvalue weighted by atomic mass is 35.5. The molecular formula is C9H22Cl2N2. The van der Waals surface area contributed by atoms with E-state index in [0.717, 1.165) is 6.04 Å². The van der Waals surface area contributed by atoms with Gasteiger partial charge in [0.1, 0.15) is 0 Å². The Balaban J connectivity index is 0. The summed E-state index contributed by atoms with van der Waals surface area (Å²) in [5.74, 6) is 0. The van der Waals surface area contributed by atoms with Crippen LogP contribution in [0.25, 0.3) is 0 Å². The van der Waals surface area contributed by atoms with Crippen LogP contribution >= 0.6 is 24.8 Å². The molecule has 13 heavy (non-hydrogen) atoms. The summed E-state index contributed by atoms with van der Waals surface area (Å²) >= 11 is 0. The van der Waals surface area contributed by atoms with E-state index >= 15 is 0 Å². The number of hydrogen-bond acceptors (Lipinski definition) is 2. The summed E-state index contributed by atoms with van der Waals surface area (Å²) in [6, 6.07) is 0.773. The van der Waals surface area contributed by atoms with Gasteiger partial charge in [-0.15, -0.1) is 24.8 Å². The van der Waals surface area contributed by atoms with E-state index in [1.807, 2.05) is 0 Å². The summed E-state index contributed by atoms with van der Waals surface area (Å²) in [7, 11) is 0. The van der Waals surface area contributed by atoms with Gasteiger partial charge in [0, 0.05) is 12.6 Å². The van der Waals surface area contributed by atoms with Crippen molar-refractivity contribution in [2.75, 3.05) is 26.2 Å². The van der Waals surface area contributed by atoms with Crippen molar-refractivity contribution >= 4 is 24.8 Å². The minimum Gasteiger partial charge on any atom is -0.313 e. The Morgan fingerprint density at radius 3 is 2.23 bits per heavy atom. The second-order valence-corrected chi connectivity index (χ2v) is 3.28. The Morgan fingerprint density at radius 2 is 1.85 bits per heavy atom. The quantitative estimate of drug-likeness (QED) is 0.792. The molecule has 4 heteroatoms. The topological polar surface area (TPSA) is 15.3 Å². The molecule has 0 saturated carbocycles. The van der Waals surface area contributed by atoms with Gasteiger partial charge in [-0.2, -0.15) is 0 Å². The third-order valence-electron chi connectivity index (χ3n) is 2.54. The molecule has 0 bridgehead atoms. The highest BCUT2D eigenvalue weighted by Crippen LogP contribution is 2.06. The first-order valence-electron chi connectivity index (χ1n) is 4.82. The summed E-state index contributed by atoms with van der Waals surface area (Å²) in [5, 5.41) is 3.51. The zero-order valence-electron chi connectivity index (χ0n) is 8.58. The lowest BCUT2D eigenvalue weighted by Crippen LogP contribution is -2.37. The average molecular weight is 229 g/mol. The predicted molar refractivity (Wildman–Crippen MR) is 63.3 cm³/mol. The van der Waals surface area contributed by atoms with E-state index < -0.39 is 0 Å². The Labute approximate surface area is 94.3 Å². The van der Waals surface area contributed by atoms with E-state index in [0.29, 0.717) is 0 Å². The standard InChI is InChI=1S/C9H20N2.2ClH/c1-3-11(4-2)8-9-6-5-7-10-9;;/h9-10H,3-8H2,1-2H3;2*1H. The van der Waals surface area contributed by atoms with Crippen LogP contribution < -0.4 is 5.32 Å². The molecule has 0 aromatic carbocycles. The lowest BCUT2D eigenvalue weighted by Gasteiger charge is -2.22. The van der Waals surface area contributed by atoms with Gasteiger partial charge in [-0.3, -0.25) is 0 Å². The first-order chi connectivity index (χ1) is 5.36. The van der Waals surface area contributed by atoms with Gasteiger partial charge in [0.05, 0.1) is 0 Å². The summed E-state index contributed by atoms with van der Waals surface area (Å²) < 4.78 is 0. The van der Waals surface area contributed by atoms with Gasteiger partial charge < -0.3 is 10.2 Å². The molecule has 0 amide bonds. The van der Waals surface area contributed by atoms with Crippen molar-refractivity contribution < 1.29 is 0 Å². The van der Waals surface area contributed by atoms with E-state index in [-0.39, 0.29) is 24.8 Å². The normalized spacial score (nSPS) is 21.0. The molecule has 82 valence electrons. The highest BCUT2D eigenvalue weighted by molar-refractivity contribution is 5.85. The van der Waals surface area contributed by atoms with Gasteiger partial charge >= 0.3 is 0 Å². The van der Waals surface area contributed by atoms with Gasteiger partial charge in [0.2, 0.25) is 0 Å². The Hall–Kier alpha value is 0.500. The largest absolute Gasteiger partial charge is 0.313 e. The smallest absolute Gasteiger partial charge is 0.0195 e. The molecule has 1 N–H and O–H groups in total. The van der Waals surface area contributed by atoms with Gasteiger partial charge in [-0.25, -0.2) is 0 Å². The van der Waals surface area contributed by atoms with Crippen LogP contribution in [-0.4, -0.2) is 37.1 Å². The summed E-state index contributed by atoms with van der Waals surface area (Å²) in [4.78, 5) is 2.49. The maximum Gasteiger partial charge on any atom is 0.0195 e. The van der Waals surface area contributed by atoms with Crippen LogP contribution in [0.1, 0.15) is 26.7 Å². The van der Waals surface area contributed by atoms with E-state index in [1.54, 1.807) is 0 Å². The summed E-state index contributed by atoms with van der Waals surface area (Å²) in [6.07, 6.45) is 2.74. The van der Waals surface area contributed by atoms with Gasteiger partial charge in [-0.1, -0.05) is 13.8 Å². The lowest BCUT2D eigenvalue weighted by molar-refractivity contribution is 0.274. The van der Waals surface area contributed by atoms with Crippen LogP contribution in [0.15, 0.2) is 0 Å². The molecule has 1 fully saturated rings. The first kappa shape index (κ1) is 15.9. The maximum atomic E-state index is 3.51. The molecule has 2 nitrogen and oxygen atoms in total. The number of halogens is 2. The molecule has 1 rings (SSSR count). The monoisotopic (exact) mass is 228 g/mol. The SMILES string of the molecule is CCN(CC)CC1CCCN1.Cl.Cl. The molecule has 0 aromatic heterocycles. The molecule has 1 aliphatic rings. The molecule has 1 aliphatic heterocycles. The van der Waals surface area contributed by atoms with Crippen LogP contribution in [0.4, 0.5) is 0 Å². The third kappa shape index (κ3) is 5.74. The second-order valence-electron chi connectivity index (χ2n) is 3.28. The first-order valence-corrected chi connectivity index (χ1v) is 4.82. The van der Waals surface area contributed by atoms with Crippen LogP contribution in [0, 0.1) is 0 Å². The van der Waals surface area contributed by atoms with Gasteiger partial charge in [0.15, 0.2) is 0 Å². The molecule has 0 radical (unpaired) electrons. The molecular weight excluding hydrogens is 207 g/mol. The molecule has 1 saturated heterocycles. The third-order valence-corrected chi connectivity index (χ3v) is 2.54. The minimum absolute atomic E-state index is 0. The van der Waals surface area contributed by atoms with E-state index in [2.05, 4.69) is 24.1 Å². The van der Waals surface area contributed by atoms with Crippen molar-refractivity contribution in [1.82, 2.24) is 10.2 Å². The Bertz CT molecular complexity index is 102.